The molecule has 0 radical (unpaired) electrons. The Morgan fingerprint density at radius 3 is 2.75 bits per heavy atom. The molecule has 1 aliphatic rings. The van der Waals surface area contributed by atoms with Gasteiger partial charge in [0.15, 0.2) is 0 Å². The first kappa shape index (κ1) is 10.7. The summed E-state index contributed by atoms with van der Waals surface area (Å²) in [6, 6.07) is 0. The van der Waals surface area contributed by atoms with E-state index in [2.05, 4.69) is 39.9 Å². The van der Waals surface area contributed by atoms with Crippen LogP contribution in [-0.2, 0) is 0 Å². The van der Waals surface area contributed by atoms with E-state index in [-0.39, 0.29) is 27.0 Å². The van der Waals surface area contributed by atoms with Crippen molar-refractivity contribution in [3.63, 3.8) is 0 Å². The van der Waals surface area contributed by atoms with Gasteiger partial charge in [-0.2, -0.15) is 0 Å². The van der Waals surface area contributed by atoms with Gasteiger partial charge in [0.25, 0.3) is 0 Å². The van der Waals surface area contributed by atoms with Crippen LogP contribution >= 0.6 is 0 Å². The monoisotopic (exact) mass is 284 g/mol. The van der Waals surface area contributed by atoms with Gasteiger partial charge in [-0.25, -0.2) is 0 Å². The van der Waals surface area contributed by atoms with E-state index in [0.29, 0.717) is 12.1 Å². The van der Waals surface area contributed by atoms with E-state index in [9.17, 15) is 0 Å². The Morgan fingerprint density at radius 2 is 2.17 bits per heavy atom. The van der Waals surface area contributed by atoms with Crippen LogP contribution in [0.1, 0.15) is 20.8 Å². The summed E-state index contributed by atoms with van der Waals surface area (Å²) in [5, 5.41) is 6.89. The summed E-state index contributed by atoms with van der Waals surface area (Å²) < 4.78 is 3.55. The van der Waals surface area contributed by atoms with Crippen LogP contribution in [0.2, 0.25) is 0 Å². The number of nitrogens with one attached hydrogen (secondary N) is 3. The molecule has 0 amide bonds. The van der Waals surface area contributed by atoms with Gasteiger partial charge in [0.05, 0.1) is 0 Å². The summed E-state index contributed by atoms with van der Waals surface area (Å²) in [4.78, 5) is 2.25. The van der Waals surface area contributed by atoms with E-state index in [1.54, 1.807) is 0 Å². The number of hydrogen-bond acceptors (Lipinski definition) is 3. The molecular formula is C8H19IN3-. The number of hydrogen-bond donors (Lipinski definition) is 3. The van der Waals surface area contributed by atoms with Gasteiger partial charge in [0, 0.05) is 0 Å². The zero-order chi connectivity index (χ0) is 9.19. The molecule has 0 bridgehead atoms. The molecule has 2 unspecified atom stereocenters. The van der Waals surface area contributed by atoms with E-state index in [1.165, 1.54) is 0 Å². The summed E-state index contributed by atoms with van der Waals surface area (Å²) in [7, 11) is 0. The molecule has 0 aliphatic carbocycles. The van der Waals surface area contributed by atoms with Crippen molar-refractivity contribution in [1.29, 1.82) is 0 Å². The van der Waals surface area contributed by atoms with Gasteiger partial charge >= 0.3 is 85.6 Å². The Labute approximate surface area is 85.7 Å². The van der Waals surface area contributed by atoms with Crippen molar-refractivity contribution >= 4 is 0 Å². The third-order valence-corrected chi connectivity index (χ3v) is 4.02. The minimum absolute atomic E-state index is 0.173. The summed E-state index contributed by atoms with van der Waals surface area (Å²) >= 11 is 0.173. The molecule has 1 saturated heterocycles. The van der Waals surface area contributed by atoms with Gasteiger partial charge in [0.2, 0.25) is 0 Å². The van der Waals surface area contributed by atoms with Crippen LogP contribution in [-0.4, -0.2) is 23.3 Å². The predicted octanol–water partition coefficient (Wildman–Crippen LogP) is -2.90. The predicted molar refractivity (Wildman–Crippen MR) is 47.2 cm³/mol. The summed E-state index contributed by atoms with van der Waals surface area (Å²) in [5.41, 5.74) is 0.252. The van der Waals surface area contributed by atoms with E-state index >= 15 is 0 Å². The topological polar surface area (TPSA) is 36.1 Å². The average molecular weight is 284 g/mol. The van der Waals surface area contributed by atoms with Crippen LogP contribution in [0.25, 0.3) is 0 Å². The van der Waals surface area contributed by atoms with Gasteiger partial charge in [-0.1, -0.05) is 0 Å². The van der Waals surface area contributed by atoms with Gasteiger partial charge < -0.3 is 0 Å². The second-order valence-electron chi connectivity index (χ2n) is 3.84. The maximum atomic E-state index is 3.55. The fourth-order valence-electron chi connectivity index (χ4n) is 1.39. The molecule has 3 nitrogen and oxygen atoms in total. The molecule has 3 N–H and O–H groups in total. The molecule has 2 atom stereocenters. The van der Waals surface area contributed by atoms with Crippen LogP contribution < -0.4 is 35.6 Å². The molecule has 12 heavy (non-hydrogen) atoms. The minimum atomic E-state index is 0.173. The van der Waals surface area contributed by atoms with Crippen molar-refractivity contribution in [1.82, 2.24) is 14.2 Å². The standard InChI is InChI=1S/C8H19IN3/c1-6-7(12-9-4)10-5-11-8(6,2)3/h6-7,10-12H,5H2,1-4H3/q-1. The first-order chi connectivity index (χ1) is 5.58. The zero-order valence-electron chi connectivity index (χ0n) is 8.24. The van der Waals surface area contributed by atoms with Crippen LogP contribution in [0.4, 0.5) is 0 Å². The van der Waals surface area contributed by atoms with Gasteiger partial charge in [-0.05, 0) is 0 Å². The first-order valence-corrected chi connectivity index (χ1v) is 7.54. The van der Waals surface area contributed by atoms with Crippen molar-refractivity contribution in [3.8, 4) is 0 Å². The Kier molecular flexibility index (Phi) is 3.75. The van der Waals surface area contributed by atoms with E-state index in [1.807, 2.05) is 0 Å². The van der Waals surface area contributed by atoms with Gasteiger partial charge in [-0.15, -0.1) is 0 Å². The first-order valence-electron chi connectivity index (χ1n) is 4.30. The molecule has 0 aromatic carbocycles. The molecule has 1 fully saturated rings. The quantitative estimate of drug-likeness (QED) is 0.289. The van der Waals surface area contributed by atoms with E-state index in [0.717, 1.165) is 6.67 Å². The van der Waals surface area contributed by atoms with Crippen LogP contribution in [0.3, 0.4) is 0 Å². The summed E-state index contributed by atoms with van der Waals surface area (Å²) in [6.45, 7) is 7.73. The molecule has 0 aromatic rings. The Balaban J connectivity index is 2.54. The number of rotatable bonds is 2. The molecule has 0 spiro atoms. The molecule has 1 heterocycles. The van der Waals surface area contributed by atoms with E-state index < -0.39 is 0 Å². The Morgan fingerprint density at radius 1 is 1.50 bits per heavy atom. The normalized spacial score (nSPS) is 35.3. The summed E-state index contributed by atoms with van der Waals surface area (Å²) in [5.74, 6) is 0.630. The number of alkyl halides is 1. The second kappa shape index (κ2) is 4.21. The number of halogens is 1. The Hall–Kier alpha value is 0.610. The average Bonchev–Trinajstić information content (AvgIpc) is 1.99. The fourth-order valence-corrected chi connectivity index (χ4v) is 2.82. The third-order valence-electron chi connectivity index (χ3n) is 2.73. The molecule has 4 heteroatoms. The molecular weight excluding hydrogens is 265 g/mol. The maximum absolute atomic E-state index is 3.55. The van der Waals surface area contributed by atoms with E-state index in [4.69, 9.17) is 0 Å². The molecule has 1 rings (SSSR count). The summed E-state index contributed by atoms with van der Waals surface area (Å²) in [6.07, 6.45) is 0.499. The Bertz CT molecular complexity index is 147. The van der Waals surface area contributed by atoms with Crippen molar-refractivity contribution in [2.45, 2.75) is 32.5 Å². The SMILES string of the molecule is C[I-]NC1NCNC(C)(C)C1C. The fraction of sp³-hybridized carbons (Fsp3) is 1.00. The molecule has 74 valence electrons. The van der Waals surface area contributed by atoms with Crippen molar-refractivity contribution < 1.29 is 21.5 Å². The molecule has 0 saturated carbocycles. The third kappa shape index (κ3) is 2.31. The van der Waals surface area contributed by atoms with Crippen LogP contribution in [0.5, 0.6) is 0 Å². The molecule has 1 aliphatic heterocycles. The van der Waals surface area contributed by atoms with Crippen molar-refractivity contribution in [2.24, 2.45) is 5.92 Å². The van der Waals surface area contributed by atoms with Gasteiger partial charge in [-0.3, -0.25) is 0 Å². The second-order valence-corrected chi connectivity index (χ2v) is 5.55. The zero-order valence-corrected chi connectivity index (χ0v) is 10.4. The van der Waals surface area contributed by atoms with Crippen LogP contribution in [0, 0.1) is 5.92 Å². The van der Waals surface area contributed by atoms with Gasteiger partial charge in [0.1, 0.15) is 0 Å². The molecule has 0 aromatic heterocycles. The van der Waals surface area contributed by atoms with Crippen molar-refractivity contribution in [2.75, 3.05) is 11.6 Å². The van der Waals surface area contributed by atoms with Crippen molar-refractivity contribution in [3.05, 3.63) is 0 Å². The van der Waals surface area contributed by atoms with Crippen LogP contribution in [0.15, 0.2) is 0 Å².